The number of methoxy groups -OCH3 is 1. The van der Waals surface area contributed by atoms with Crippen molar-refractivity contribution in [2.24, 2.45) is 5.41 Å². The number of phosphoric acid groups is 1. The molecule has 63 heavy (non-hydrogen) atoms. The number of carbonyl (C=O) groups is 4. The highest BCUT2D eigenvalue weighted by atomic mass is 32.2. The molecule has 1 N–H and O–H groups in total. The number of likely N-dealkylation sites (tertiary alicyclic amines) is 1. The molecule has 2 atom stereocenters. The van der Waals surface area contributed by atoms with Gasteiger partial charge in [0, 0.05) is 61.7 Å². The summed E-state index contributed by atoms with van der Waals surface area (Å²) in [6, 6.07) is 26.9. The van der Waals surface area contributed by atoms with Crippen molar-refractivity contribution in [1.29, 1.82) is 0 Å². The third-order valence-corrected chi connectivity index (χ3v) is 15.5. The third-order valence-electron chi connectivity index (χ3n) is 12.7. The van der Waals surface area contributed by atoms with Crippen LogP contribution in [0.15, 0.2) is 97.1 Å². The summed E-state index contributed by atoms with van der Waals surface area (Å²) in [5.74, 6) is -2.30. The lowest BCUT2D eigenvalue weighted by molar-refractivity contribution is -0.147. The van der Waals surface area contributed by atoms with Gasteiger partial charge in [0.25, 0.3) is 5.91 Å². The summed E-state index contributed by atoms with van der Waals surface area (Å²) in [7, 11) is -4.68. The van der Waals surface area contributed by atoms with Gasteiger partial charge in [0.05, 0.1) is 29.3 Å². The zero-order chi connectivity index (χ0) is 44.3. The van der Waals surface area contributed by atoms with Gasteiger partial charge in [-0.05, 0) is 90.9 Å². The number of carbonyl (C=O) groups excluding carboxylic acids is 4. The molecule has 0 radical (unpaired) electrons. The van der Waals surface area contributed by atoms with Crippen LogP contribution in [0, 0.1) is 5.41 Å². The summed E-state index contributed by atoms with van der Waals surface area (Å²) in [5.41, 5.74) is 4.13. The van der Waals surface area contributed by atoms with Crippen LogP contribution in [-0.2, 0) is 39.7 Å². The summed E-state index contributed by atoms with van der Waals surface area (Å²) < 4.78 is 66.9. The molecule has 2 amide bonds. The molecule has 0 spiro atoms. The Labute approximate surface area is 365 Å². The Morgan fingerprint density at radius 1 is 0.810 bits per heavy atom. The summed E-state index contributed by atoms with van der Waals surface area (Å²) in [4.78, 5) is 56.4. The Morgan fingerprint density at radius 3 is 2.05 bits per heavy atom. The average molecular weight is 895 g/mol. The fourth-order valence-corrected chi connectivity index (χ4v) is 11.1. The molecule has 2 saturated carbocycles. The predicted molar refractivity (Wildman–Crippen MR) is 232 cm³/mol. The SMILES string of the molecule is COc1ccc2c(c1)C1CC1(C(=O)N1CC(OP(=O)(OC(=O)c3ccccc3)OC(=O)c3ccccc3)C1)Cn1c-2c(C2CCCCC2)c2ccc(C(=O)NS(=O)(=O)N(C)C)cc21. The Kier molecular flexibility index (Phi) is 11.1. The van der Waals surface area contributed by atoms with E-state index in [4.69, 9.17) is 18.3 Å². The number of nitrogens with one attached hydrogen (secondary N) is 1. The number of benzene rings is 4. The molecule has 2 unspecified atom stereocenters. The van der Waals surface area contributed by atoms with Crippen molar-refractivity contribution >= 4 is 52.7 Å². The molecule has 328 valence electrons. The second kappa shape index (κ2) is 16.4. The highest BCUT2D eigenvalue weighted by Gasteiger charge is 2.65. The lowest BCUT2D eigenvalue weighted by Crippen LogP contribution is -2.57. The lowest BCUT2D eigenvalue weighted by atomic mass is 9.81. The van der Waals surface area contributed by atoms with Gasteiger partial charge in [-0.2, -0.15) is 12.7 Å². The largest absolute Gasteiger partial charge is 0.592 e. The number of nitrogens with zero attached hydrogens (tertiary/aromatic N) is 3. The molecule has 0 bridgehead atoms. The van der Waals surface area contributed by atoms with Gasteiger partial charge in [-0.3, -0.25) is 14.1 Å². The topological polar surface area (TPSA) is 180 Å². The molecule has 3 fully saturated rings. The van der Waals surface area contributed by atoms with Crippen LogP contribution in [0.5, 0.6) is 5.75 Å². The first-order chi connectivity index (χ1) is 30.2. The molecule has 4 aliphatic rings. The van der Waals surface area contributed by atoms with Crippen LogP contribution in [0.1, 0.15) is 92.6 Å². The summed E-state index contributed by atoms with van der Waals surface area (Å²) in [6.45, 7) is 0.216. The van der Waals surface area contributed by atoms with Gasteiger partial charge >= 0.3 is 30.0 Å². The van der Waals surface area contributed by atoms with Gasteiger partial charge < -0.3 is 23.3 Å². The quantitative estimate of drug-likeness (QED) is 0.123. The van der Waals surface area contributed by atoms with Gasteiger partial charge in [-0.1, -0.05) is 61.7 Å². The van der Waals surface area contributed by atoms with Gasteiger partial charge in [-0.15, -0.1) is 0 Å². The van der Waals surface area contributed by atoms with E-state index in [1.807, 2.05) is 24.3 Å². The number of hydrogen-bond donors (Lipinski definition) is 1. The molecule has 4 aromatic carbocycles. The molecule has 2 aliphatic carbocycles. The summed E-state index contributed by atoms with van der Waals surface area (Å²) >= 11 is 0. The fraction of sp³-hybridized carbons (Fsp3) is 0.348. The zero-order valence-electron chi connectivity index (χ0n) is 35.0. The van der Waals surface area contributed by atoms with E-state index < -0.39 is 47.4 Å². The first kappa shape index (κ1) is 42.5. The van der Waals surface area contributed by atoms with Crippen molar-refractivity contribution in [3.05, 3.63) is 125 Å². The van der Waals surface area contributed by atoms with E-state index in [0.29, 0.717) is 17.7 Å². The number of fused-ring (bicyclic) bond motifs is 7. The van der Waals surface area contributed by atoms with Crippen molar-refractivity contribution in [2.75, 3.05) is 34.3 Å². The van der Waals surface area contributed by atoms with Gasteiger partial charge in [-0.25, -0.2) is 18.9 Å². The molecule has 15 nitrogen and oxygen atoms in total. The monoisotopic (exact) mass is 894 g/mol. The number of aromatic nitrogens is 1. The highest BCUT2D eigenvalue weighted by molar-refractivity contribution is 7.87. The van der Waals surface area contributed by atoms with E-state index in [0.717, 1.165) is 64.2 Å². The number of hydrogen-bond acceptors (Lipinski definition) is 11. The second-order valence-electron chi connectivity index (χ2n) is 16.9. The molecule has 9 rings (SSSR count). The molecular weight excluding hydrogens is 848 g/mol. The van der Waals surface area contributed by atoms with Crippen molar-refractivity contribution < 1.29 is 50.5 Å². The first-order valence-electron chi connectivity index (χ1n) is 20.9. The Bertz CT molecular complexity index is 2740. The zero-order valence-corrected chi connectivity index (χ0v) is 36.7. The third kappa shape index (κ3) is 7.94. The Balaban J connectivity index is 1.05. The lowest BCUT2D eigenvalue weighted by Gasteiger charge is -2.41. The minimum absolute atomic E-state index is 0.0225. The Hall–Kier alpha value is -5.80. The van der Waals surface area contributed by atoms with E-state index in [2.05, 4.69) is 9.29 Å². The van der Waals surface area contributed by atoms with Crippen molar-refractivity contribution in [2.45, 2.75) is 63.0 Å². The molecule has 17 heteroatoms. The van der Waals surface area contributed by atoms with Crippen LogP contribution >= 0.6 is 7.82 Å². The van der Waals surface area contributed by atoms with E-state index in [9.17, 15) is 32.2 Å². The second-order valence-corrected chi connectivity index (χ2v) is 20.2. The summed E-state index contributed by atoms with van der Waals surface area (Å²) in [5, 5.41) is 0.940. The van der Waals surface area contributed by atoms with Gasteiger partial charge in [0.15, 0.2) is 0 Å². The normalized spacial score (nSPS) is 19.8. The maximum Gasteiger partial charge on any atom is 0.592 e. The van der Waals surface area contributed by atoms with Crippen LogP contribution in [0.4, 0.5) is 0 Å². The highest BCUT2D eigenvalue weighted by Crippen LogP contribution is 2.66. The predicted octanol–water partition coefficient (Wildman–Crippen LogP) is 7.44. The van der Waals surface area contributed by atoms with Crippen LogP contribution in [0.25, 0.3) is 22.2 Å². The van der Waals surface area contributed by atoms with Crippen LogP contribution < -0.4 is 9.46 Å². The summed E-state index contributed by atoms with van der Waals surface area (Å²) in [6.07, 6.45) is 4.85. The number of ether oxygens (including phenoxy) is 1. The van der Waals surface area contributed by atoms with Gasteiger partial charge in [0.2, 0.25) is 5.91 Å². The van der Waals surface area contributed by atoms with Crippen LogP contribution in [-0.4, -0.2) is 86.3 Å². The van der Waals surface area contributed by atoms with E-state index in [1.54, 1.807) is 60.5 Å². The molecule has 1 saturated heterocycles. The molecule has 5 aromatic rings. The number of phosphoric ester groups is 1. The minimum atomic E-state index is -4.88. The minimum Gasteiger partial charge on any atom is -0.497 e. The molecule has 1 aromatic heterocycles. The fourth-order valence-electron chi connectivity index (χ4n) is 9.38. The van der Waals surface area contributed by atoms with E-state index in [-0.39, 0.29) is 54.1 Å². The van der Waals surface area contributed by atoms with Crippen molar-refractivity contribution in [3.63, 3.8) is 0 Å². The number of amides is 2. The molecule has 3 heterocycles. The van der Waals surface area contributed by atoms with Crippen molar-refractivity contribution in [3.8, 4) is 17.0 Å². The van der Waals surface area contributed by atoms with Crippen LogP contribution in [0.2, 0.25) is 0 Å². The van der Waals surface area contributed by atoms with Crippen LogP contribution in [0.3, 0.4) is 0 Å². The van der Waals surface area contributed by atoms with E-state index in [1.165, 1.54) is 38.4 Å². The maximum absolute atomic E-state index is 15.0. The maximum atomic E-state index is 15.0. The van der Waals surface area contributed by atoms with Crippen molar-refractivity contribution in [1.82, 2.24) is 18.5 Å². The Morgan fingerprint density at radius 2 is 1.44 bits per heavy atom. The van der Waals surface area contributed by atoms with Gasteiger partial charge in [0.1, 0.15) is 11.9 Å². The number of rotatable bonds is 12. The average Bonchev–Trinajstić information content (AvgIpc) is 3.94. The smallest absolute Gasteiger partial charge is 0.497 e. The standard InChI is InChI=1S/C46H47N4O11PS/c1-48(2)63(56,57)47-42(51)32-19-21-36-39(23-32)50-28-46(25-38(46)37-24-33(58-3)20-22-35(37)41(50)40(36)29-13-7-4-8-14-29)45(54)49-26-34(27-49)59-62(55,60-43(52)30-15-9-5-10-16-30)61-44(53)31-17-11-6-12-18-31/h5-6,9-12,15-24,29,34,38H,4,7-8,13-14,25-28H2,1-3H3,(H,47,51). The first-order valence-corrected chi connectivity index (χ1v) is 23.8. The molecule has 2 aliphatic heterocycles. The van der Waals surface area contributed by atoms with E-state index >= 15 is 0 Å². The molecular formula is C46H47N4O11PS.